The molecule has 24 heavy (non-hydrogen) atoms. The van der Waals surface area contributed by atoms with Crippen molar-refractivity contribution < 1.29 is 13.6 Å². The predicted molar refractivity (Wildman–Crippen MR) is 85.7 cm³/mol. The molecule has 0 bridgehead atoms. The summed E-state index contributed by atoms with van der Waals surface area (Å²) in [7, 11) is 0. The first-order valence-electron chi connectivity index (χ1n) is 8.01. The van der Waals surface area contributed by atoms with E-state index in [0.717, 1.165) is 17.5 Å². The van der Waals surface area contributed by atoms with Crippen LogP contribution in [0.15, 0.2) is 42.7 Å². The van der Waals surface area contributed by atoms with E-state index >= 15 is 0 Å². The van der Waals surface area contributed by atoms with Crippen LogP contribution in [-0.4, -0.2) is 51.4 Å². The number of hydrogen-bond donors (Lipinski definition) is 0. The van der Waals surface area contributed by atoms with Crippen LogP contribution in [0.5, 0.6) is 0 Å². The number of nitrogens with zero attached hydrogens (tertiary/aromatic N) is 4. The van der Waals surface area contributed by atoms with Crippen LogP contribution in [0.25, 0.3) is 0 Å². The van der Waals surface area contributed by atoms with Crippen molar-refractivity contribution in [2.24, 2.45) is 0 Å². The Morgan fingerprint density at radius 2 is 1.92 bits per heavy atom. The smallest absolute Gasteiger partial charge is 0.319 e. The number of carbonyl (C=O) groups is 1. The highest BCUT2D eigenvalue weighted by molar-refractivity contribution is 5.94. The number of benzene rings is 1. The number of amides is 1. The predicted octanol–water partition coefficient (Wildman–Crippen LogP) is 2.63. The number of imidazole rings is 1. The third-order valence-electron chi connectivity index (χ3n) is 4.22. The highest BCUT2D eigenvalue weighted by atomic mass is 19.3. The Morgan fingerprint density at radius 1 is 1.12 bits per heavy atom. The lowest BCUT2D eigenvalue weighted by atomic mass is 10.2. The standard InChI is InChI=1S/C17H20F2N4O/c18-17(19)23-10-7-20-15(23)13-21-8-4-9-22(12-11-21)16(24)14-5-2-1-3-6-14/h1-3,5-7,10,17H,4,8-9,11-13H2. The molecule has 1 aliphatic heterocycles. The number of alkyl halides is 2. The van der Waals surface area contributed by atoms with Gasteiger partial charge in [0.05, 0.1) is 6.54 Å². The van der Waals surface area contributed by atoms with Crippen molar-refractivity contribution >= 4 is 5.91 Å². The van der Waals surface area contributed by atoms with Crippen LogP contribution in [0.2, 0.25) is 0 Å². The van der Waals surface area contributed by atoms with Gasteiger partial charge in [-0.15, -0.1) is 0 Å². The molecule has 3 rings (SSSR count). The highest BCUT2D eigenvalue weighted by Crippen LogP contribution is 2.15. The topological polar surface area (TPSA) is 41.4 Å². The van der Waals surface area contributed by atoms with Crippen LogP contribution in [0.3, 0.4) is 0 Å². The molecular formula is C17H20F2N4O. The first-order valence-corrected chi connectivity index (χ1v) is 8.01. The van der Waals surface area contributed by atoms with Gasteiger partial charge in [0.2, 0.25) is 0 Å². The summed E-state index contributed by atoms with van der Waals surface area (Å²) >= 11 is 0. The second kappa shape index (κ2) is 7.53. The Morgan fingerprint density at radius 3 is 2.67 bits per heavy atom. The van der Waals surface area contributed by atoms with Gasteiger partial charge >= 0.3 is 6.55 Å². The first kappa shape index (κ1) is 16.6. The zero-order valence-electron chi connectivity index (χ0n) is 13.3. The average molecular weight is 334 g/mol. The Labute approximate surface area is 139 Å². The molecule has 0 aliphatic carbocycles. The molecule has 1 aromatic heterocycles. The second-order valence-electron chi connectivity index (χ2n) is 5.82. The van der Waals surface area contributed by atoms with E-state index in [1.54, 1.807) is 0 Å². The fourth-order valence-electron chi connectivity index (χ4n) is 2.94. The molecule has 0 spiro atoms. The van der Waals surface area contributed by atoms with Gasteiger partial charge in [-0.2, -0.15) is 8.78 Å². The molecule has 5 nitrogen and oxygen atoms in total. The fourth-order valence-corrected chi connectivity index (χ4v) is 2.94. The van der Waals surface area contributed by atoms with E-state index in [0.29, 0.717) is 37.6 Å². The molecule has 1 aliphatic rings. The maximum absolute atomic E-state index is 12.9. The minimum absolute atomic E-state index is 0.0199. The summed E-state index contributed by atoms with van der Waals surface area (Å²) in [4.78, 5) is 20.4. The highest BCUT2D eigenvalue weighted by Gasteiger charge is 2.21. The summed E-state index contributed by atoms with van der Waals surface area (Å²) in [5.41, 5.74) is 0.680. The fraction of sp³-hybridized carbons (Fsp3) is 0.412. The van der Waals surface area contributed by atoms with Crippen LogP contribution in [0.1, 0.15) is 29.2 Å². The van der Waals surface area contributed by atoms with Crippen LogP contribution < -0.4 is 0 Å². The molecule has 2 heterocycles. The molecule has 1 amide bonds. The summed E-state index contributed by atoms with van der Waals surface area (Å²) in [6, 6.07) is 9.20. The van der Waals surface area contributed by atoms with Crippen LogP contribution >= 0.6 is 0 Å². The van der Waals surface area contributed by atoms with Crippen LogP contribution in [-0.2, 0) is 6.54 Å². The molecule has 0 atom stereocenters. The van der Waals surface area contributed by atoms with Gasteiger partial charge in [-0.25, -0.2) is 4.98 Å². The van der Waals surface area contributed by atoms with Crippen molar-refractivity contribution in [3.05, 3.63) is 54.1 Å². The molecule has 128 valence electrons. The van der Waals surface area contributed by atoms with E-state index in [1.165, 1.54) is 12.4 Å². The summed E-state index contributed by atoms with van der Waals surface area (Å²) < 4.78 is 26.7. The number of rotatable bonds is 4. The second-order valence-corrected chi connectivity index (χ2v) is 5.82. The summed E-state index contributed by atoms with van der Waals surface area (Å²) in [5, 5.41) is 0. The summed E-state index contributed by atoms with van der Waals surface area (Å²) in [6.07, 6.45) is 3.50. The minimum atomic E-state index is -2.58. The van der Waals surface area contributed by atoms with Gasteiger partial charge in [0, 0.05) is 44.1 Å². The van der Waals surface area contributed by atoms with Gasteiger partial charge < -0.3 is 4.90 Å². The molecule has 0 saturated carbocycles. The zero-order chi connectivity index (χ0) is 16.9. The molecule has 0 unspecified atom stereocenters. The molecule has 0 N–H and O–H groups in total. The van der Waals surface area contributed by atoms with Gasteiger partial charge in [0.25, 0.3) is 5.91 Å². The van der Waals surface area contributed by atoms with E-state index in [-0.39, 0.29) is 5.91 Å². The van der Waals surface area contributed by atoms with Crippen molar-refractivity contribution in [2.45, 2.75) is 19.5 Å². The van der Waals surface area contributed by atoms with E-state index in [9.17, 15) is 13.6 Å². The molecule has 7 heteroatoms. The zero-order valence-corrected chi connectivity index (χ0v) is 13.3. The molecule has 1 aromatic carbocycles. The first-order chi connectivity index (χ1) is 11.6. The van der Waals surface area contributed by atoms with Crippen molar-refractivity contribution in [3.63, 3.8) is 0 Å². The molecular weight excluding hydrogens is 314 g/mol. The van der Waals surface area contributed by atoms with E-state index < -0.39 is 6.55 Å². The molecule has 0 radical (unpaired) electrons. The van der Waals surface area contributed by atoms with Crippen molar-refractivity contribution in [2.75, 3.05) is 26.2 Å². The van der Waals surface area contributed by atoms with Gasteiger partial charge in [-0.05, 0) is 18.6 Å². The largest absolute Gasteiger partial charge is 0.337 e. The minimum Gasteiger partial charge on any atom is -0.337 e. The SMILES string of the molecule is O=C(c1ccccc1)N1CCCN(Cc2nccn2C(F)F)CC1. The molecule has 1 saturated heterocycles. The van der Waals surface area contributed by atoms with Gasteiger partial charge in [0.1, 0.15) is 5.82 Å². The number of hydrogen-bond acceptors (Lipinski definition) is 3. The van der Waals surface area contributed by atoms with Crippen molar-refractivity contribution in [3.8, 4) is 0 Å². The van der Waals surface area contributed by atoms with Crippen LogP contribution in [0, 0.1) is 0 Å². The maximum atomic E-state index is 12.9. The Bertz CT molecular complexity index is 674. The molecule has 2 aromatic rings. The monoisotopic (exact) mass is 334 g/mol. The Hall–Kier alpha value is -2.28. The van der Waals surface area contributed by atoms with E-state index in [1.807, 2.05) is 35.2 Å². The Kier molecular flexibility index (Phi) is 5.20. The summed E-state index contributed by atoms with van der Waals surface area (Å²) in [6.45, 7) is 0.454. The van der Waals surface area contributed by atoms with E-state index in [2.05, 4.69) is 9.88 Å². The van der Waals surface area contributed by atoms with Gasteiger partial charge in [-0.3, -0.25) is 14.3 Å². The number of carbonyl (C=O) groups excluding carboxylic acids is 1. The van der Waals surface area contributed by atoms with Crippen LogP contribution in [0.4, 0.5) is 8.78 Å². The summed E-state index contributed by atoms with van der Waals surface area (Å²) in [5.74, 6) is 0.374. The lowest BCUT2D eigenvalue weighted by Crippen LogP contribution is -2.35. The third kappa shape index (κ3) is 3.79. The number of halogens is 2. The van der Waals surface area contributed by atoms with Crippen molar-refractivity contribution in [1.29, 1.82) is 0 Å². The van der Waals surface area contributed by atoms with Crippen molar-refractivity contribution in [1.82, 2.24) is 19.4 Å². The quantitative estimate of drug-likeness (QED) is 0.863. The maximum Gasteiger partial charge on any atom is 0.319 e. The molecule has 1 fully saturated rings. The van der Waals surface area contributed by atoms with Gasteiger partial charge in [-0.1, -0.05) is 18.2 Å². The van der Waals surface area contributed by atoms with E-state index in [4.69, 9.17) is 0 Å². The number of aromatic nitrogens is 2. The third-order valence-corrected chi connectivity index (χ3v) is 4.22. The lowest BCUT2D eigenvalue weighted by molar-refractivity contribution is 0.0639. The normalized spacial score (nSPS) is 16.4. The average Bonchev–Trinajstić information content (AvgIpc) is 2.93. The Balaban J connectivity index is 1.61. The lowest BCUT2D eigenvalue weighted by Gasteiger charge is -2.22. The van der Waals surface area contributed by atoms with Gasteiger partial charge in [0.15, 0.2) is 0 Å².